The molecular formula is C49H74O2. The van der Waals surface area contributed by atoms with E-state index in [9.17, 15) is 4.79 Å². The van der Waals surface area contributed by atoms with Crippen molar-refractivity contribution in [2.45, 2.75) is 151 Å². The van der Waals surface area contributed by atoms with Gasteiger partial charge in [0.15, 0.2) is 0 Å². The van der Waals surface area contributed by atoms with Gasteiger partial charge in [0.2, 0.25) is 0 Å². The van der Waals surface area contributed by atoms with Gasteiger partial charge in [0.1, 0.15) is 6.10 Å². The van der Waals surface area contributed by atoms with E-state index in [1.807, 2.05) is 36.5 Å². The highest BCUT2D eigenvalue weighted by Gasteiger charge is 2.59. The summed E-state index contributed by atoms with van der Waals surface area (Å²) in [5.74, 6) is 5.42. The topological polar surface area (TPSA) is 26.3 Å². The Bertz CT molecular complexity index is 1320. The fraction of sp³-hybridized carbons (Fsp3) is 0.653. The Kier molecular flexibility index (Phi) is 16.6. The van der Waals surface area contributed by atoms with Crippen molar-refractivity contribution in [1.82, 2.24) is 0 Å². The predicted octanol–water partition coefficient (Wildman–Crippen LogP) is 14.0. The summed E-state index contributed by atoms with van der Waals surface area (Å²) in [4.78, 5) is 12.8. The van der Waals surface area contributed by atoms with Gasteiger partial charge in [0.05, 0.1) is 0 Å². The highest BCUT2D eigenvalue weighted by Crippen LogP contribution is 2.67. The molecule has 0 heterocycles. The average molecular weight is 695 g/mol. The number of rotatable bonds is 18. The van der Waals surface area contributed by atoms with Gasteiger partial charge < -0.3 is 4.74 Å². The van der Waals surface area contributed by atoms with E-state index in [1.165, 1.54) is 44.9 Å². The molecule has 3 saturated carbocycles. The van der Waals surface area contributed by atoms with Crippen molar-refractivity contribution in [3.63, 3.8) is 0 Å². The van der Waals surface area contributed by atoms with Gasteiger partial charge in [-0.25, -0.2) is 0 Å². The van der Waals surface area contributed by atoms with Crippen molar-refractivity contribution >= 4 is 5.97 Å². The number of hydrogen-bond acceptors (Lipinski definition) is 2. The summed E-state index contributed by atoms with van der Waals surface area (Å²) in [7, 11) is 0. The first-order chi connectivity index (χ1) is 24.6. The second-order valence-electron chi connectivity index (χ2n) is 17.3. The van der Waals surface area contributed by atoms with Crippen LogP contribution in [0.4, 0.5) is 0 Å². The molecule has 0 spiro atoms. The molecule has 2 heteroatoms. The second-order valence-corrected chi connectivity index (χ2v) is 17.3. The monoisotopic (exact) mass is 695 g/mol. The molecule has 2 nitrogen and oxygen atoms in total. The van der Waals surface area contributed by atoms with E-state index in [0.717, 1.165) is 74.5 Å². The van der Waals surface area contributed by atoms with Crippen LogP contribution in [0.3, 0.4) is 0 Å². The number of esters is 1. The molecular weight excluding hydrogens is 621 g/mol. The van der Waals surface area contributed by atoms with E-state index in [1.54, 1.807) is 5.57 Å². The molecule has 0 bridgehead atoms. The van der Waals surface area contributed by atoms with E-state index < -0.39 is 0 Å². The molecule has 0 saturated heterocycles. The lowest BCUT2D eigenvalue weighted by molar-refractivity contribution is -0.151. The quantitative estimate of drug-likeness (QED) is 0.0618. The first-order valence-electron chi connectivity index (χ1n) is 21.2. The summed E-state index contributed by atoms with van der Waals surface area (Å²) in [6.07, 6.45) is 49.8. The van der Waals surface area contributed by atoms with Gasteiger partial charge in [0, 0.05) is 12.8 Å². The van der Waals surface area contributed by atoms with Crippen LogP contribution >= 0.6 is 0 Å². The molecule has 0 radical (unpaired) electrons. The van der Waals surface area contributed by atoms with Crippen molar-refractivity contribution in [1.29, 1.82) is 0 Å². The van der Waals surface area contributed by atoms with Crippen LogP contribution in [0.5, 0.6) is 0 Å². The number of carbonyl (C=O) groups excluding carboxylic acids is 1. The Morgan fingerprint density at radius 2 is 1.49 bits per heavy atom. The summed E-state index contributed by atoms with van der Waals surface area (Å²) in [6, 6.07) is 0. The molecule has 0 amide bonds. The molecule has 0 N–H and O–H groups in total. The Labute approximate surface area is 314 Å². The molecule has 0 aromatic carbocycles. The van der Waals surface area contributed by atoms with Gasteiger partial charge in [-0.2, -0.15) is 0 Å². The molecule has 9 unspecified atom stereocenters. The van der Waals surface area contributed by atoms with E-state index in [2.05, 4.69) is 103 Å². The molecule has 0 aliphatic heterocycles. The van der Waals surface area contributed by atoms with Gasteiger partial charge >= 0.3 is 5.97 Å². The molecule has 4 aliphatic rings. The molecule has 4 rings (SSSR count). The summed E-state index contributed by atoms with van der Waals surface area (Å²) in [5.41, 5.74) is 2.38. The number of unbranched alkanes of at least 4 members (excludes halogenated alkanes) is 3. The van der Waals surface area contributed by atoms with Crippen LogP contribution in [0.1, 0.15) is 145 Å². The zero-order valence-corrected chi connectivity index (χ0v) is 33.7. The van der Waals surface area contributed by atoms with Gasteiger partial charge in [-0.15, -0.1) is 0 Å². The standard InChI is InChI=1S/C49H74O2/c1-8-10-11-12-13-14-15-16-17-18-19-20-21-22-23-24-25-26-47(50)51-42-33-35-48(6)41(37-42)29-30-43-45-32-31-44(49(45,7)36-34-46(43)48)39(5)27-28-40(9-2)38(3)4/h10-21,27-29,38-40,42-46H,8-9,22-26,30-37H2,1-7H3/b11-10-,13-12+,15-14+,17-16-,19-18+,21-20+,28-27+. The van der Waals surface area contributed by atoms with Crippen LogP contribution < -0.4 is 0 Å². The largest absolute Gasteiger partial charge is 0.462 e. The van der Waals surface area contributed by atoms with Gasteiger partial charge in [0.25, 0.3) is 0 Å². The molecule has 3 fully saturated rings. The zero-order chi connectivity index (χ0) is 36.7. The lowest BCUT2D eigenvalue weighted by Gasteiger charge is -2.58. The Morgan fingerprint density at radius 3 is 2.16 bits per heavy atom. The van der Waals surface area contributed by atoms with Crippen LogP contribution in [-0.4, -0.2) is 12.1 Å². The minimum atomic E-state index is 0.0115. The van der Waals surface area contributed by atoms with Crippen molar-refractivity contribution < 1.29 is 9.53 Å². The first kappa shape index (κ1) is 41.2. The third-order valence-corrected chi connectivity index (χ3v) is 13.8. The maximum atomic E-state index is 12.8. The van der Waals surface area contributed by atoms with E-state index in [-0.39, 0.29) is 12.1 Å². The normalized spacial score (nSPS) is 32.5. The fourth-order valence-corrected chi connectivity index (χ4v) is 10.8. The summed E-state index contributed by atoms with van der Waals surface area (Å²) in [5, 5.41) is 0. The second kappa shape index (κ2) is 20.6. The van der Waals surface area contributed by atoms with Gasteiger partial charge in [-0.3, -0.25) is 4.79 Å². The van der Waals surface area contributed by atoms with Crippen LogP contribution in [-0.2, 0) is 9.53 Å². The van der Waals surface area contributed by atoms with Crippen molar-refractivity contribution in [3.8, 4) is 0 Å². The minimum absolute atomic E-state index is 0.0115. The number of fused-ring (bicyclic) bond motifs is 5. The zero-order valence-electron chi connectivity index (χ0n) is 33.7. The maximum absolute atomic E-state index is 12.8. The predicted molar refractivity (Wildman–Crippen MR) is 220 cm³/mol. The summed E-state index contributed by atoms with van der Waals surface area (Å²) in [6.45, 7) is 17.0. The third-order valence-electron chi connectivity index (χ3n) is 13.8. The lowest BCUT2D eigenvalue weighted by Crippen LogP contribution is -2.51. The van der Waals surface area contributed by atoms with Gasteiger partial charge in [-0.05, 0) is 129 Å². The maximum Gasteiger partial charge on any atom is 0.306 e. The molecule has 282 valence electrons. The summed E-state index contributed by atoms with van der Waals surface area (Å²) < 4.78 is 6.11. The Hall–Kier alpha value is -2.61. The highest BCUT2D eigenvalue weighted by molar-refractivity contribution is 5.69. The van der Waals surface area contributed by atoms with Crippen molar-refractivity contribution in [2.24, 2.45) is 52.3 Å². The van der Waals surface area contributed by atoms with Crippen LogP contribution in [0.15, 0.2) is 96.7 Å². The van der Waals surface area contributed by atoms with E-state index >= 15 is 0 Å². The van der Waals surface area contributed by atoms with Crippen LogP contribution in [0.2, 0.25) is 0 Å². The van der Waals surface area contributed by atoms with Crippen molar-refractivity contribution in [3.05, 3.63) is 96.7 Å². The Morgan fingerprint density at radius 1 is 0.804 bits per heavy atom. The highest BCUT2D eigenvalue weighted by atomic mass is 16.5. The number of allylic oxidation sites excluding steroid dienone is 15. The fourth-order valence-electron chi connectivity index (χ4n) is 10.8. The molecule has 0 aromatic heterocycles. The SMILES string of the molecule is CC\C=C/C=C/C=C/C=C\C=C\C=C\CCCCCC(=O)OC1CCC2(C)C(=CCC3C2CCC2(C)C(C(C)/C=C/C(CC)C(C)C)CCC32)C1. The number of ether oxygens (including phenoxy) is 1. The Balaban J connectivity index is 1.16. The molecule has 0 aromatic rings. The molecule has 51 heavy (non-hydrogen) atoms. The average Bonchev–Trinajstić information content (AvgIpc) is 3.47. The van der Waals surface area contributed by atoms with E-state index in [0.29, 0.717) is 29.1 Å². The van der Waals surface area contributed by atoms with E-state index in [4.69, 9.17) is 4.74 Å². The smallest absolute Gasteiger partial charge is 0.306 e. The summed E-state index contributed by atoms with van der Waals surface area (Å²) >= 11 is 0. The van der Waals surface area contributed by atoms with Crippen molar-refractivity contribution in [2.75, 3.05) is 0 Å². The van der Waals surface area contributed by atoms with Crippen LogP contribution in [0.25, 0.3) is 0 Å². The number of hydrogen-bond donors (Lipinski definition) is 0. The first-order valence-corrected chi connectivity index (χ1v) is 21.2. The lowest BCUT2D eigenvalue weighted by atomic mass is 9.47. The minimum Gasteiger partial charge on any atom is -0.462 e. The molecule has 9 atom stereocenters. The third kappa shape index (κ3) is 11.2. The number of carbonyl (C=O) groups is 1. The van der Waals surface area contributed by atoms with Crippen LogP contribution in [0, 0.1) is 52.3 Å². The van der Waals surface area contributed by atoms with Gasteiger partial charge in [-0.1, -0.05) is 152 Å². The molecule has 4 aliphatic carbocycles.